The van der Waals surface area contributed by atoms with Crippen molar-refractivity contribution in [1.82, 2.24) is 4.90 Å². The summed E-state index contributed by atoms with van der Waals surface area (Å²) < 4.78 is 4.70. The Balaban J connectivity index is 2.43. The third-order valence-electron chi connectivity index (χ3n) is 3.15. The number of carbonyl (C=O) groups excluding carboxylic acids is 1. The zero-order valence-corrected chi connectivity index (χ0v) is 9.67. The Hall–Kier alpha value is -0.730. The highest BCUT2D eigenvalue weighted by Gasteiger charge is 2.30. The number of amides is 1. The number of hydrogen-bond acceptors (Lipinski definition) is 2. The molecule has 82 valence electrons. The molecule has 14 heavy (non-hydrogen) atoms. The minimum absolute atomic E-state index is 0.183. The fourth-order valence-electron chi connectivity index (χ4n) is 2.06. The van der Waals surface area contributed by atoms with Crippen LogP contribution in [0.5, 0.6) is 0 Å². The van der Waals surface area contributed by atoms with Gasteiger partial charge in [-0.15, -0.1) is 0 Å². The smallest absolute Gasteiger partial charge is 0.409 e. The van der Waals surface area contributed by atoms with Crippen molar-refractivity contribution in [3.8, 4) is 0 Å². The standard InChI is InChI=1S/C11H21NO2/c1-11(2,3)9-5-7-12(8-6-9)10(13)14-4/h9H,5-8H2,1-4H3. The van der Waals surface area contributed by atoms with Gasteiger partial charge in [-0.1, -0.05) is 20.8 Å². The molecule has 1 fully saturated rings. The zero-order chi connectivity index (χ0) is 10.8. The number of rotatable bonds is 0. The molecule has 0 spiro atoms. The molecule has 3 heteroatoms. The molecule has 1 aliphatic rings. The lowest BCUT2D eigenvalue weighted by atomic mass is 9.75. The van der Waals surface area contributed by atoms with Gasteiger partial charge in [0.25, 0.3) is 0 Å². The number of piperidine rings is 1. The number of hydrogen-bond donors (Lipinski definition) is 0. The quantitative estimate of drug-likeness (QED) is 0.600. The van der Waals surface area contributed by atoms with E-state index in [1.54, 1.807) is 4.90 Å². The van der Waals surface area contributed by atoms with E-state index in [1.807, 2.05) is 0 Å². The number of methoxy groups -OCH3 is 1. The van der Waals surface area contributed by atoms with Crippen LogP contribution in [0.4, 0.5) is 4.79 Å². The third-order valence-corrected chi connectivity index (χ3v) is 3.15. The predicted molar refractivity (Wildman–Crippen MR) is 56.2 cm³/mol. The van der Waals surface area contributed by atoms with Crippen LogP contribution >= 0.6 is 0 Å². The molecule has 0 atom stereocenters. The first-order valence-corrected chi connectivity index (χ1v) is 5.28. The van der Waals surface area contributed by atoms with Crippen molar-refractivity contribution in [2.45, 2.75) is 33.6 Å². The molecule has 1 saturated heterocycles. The summed E-state index contributed by atoms with van der Waals surface area (Å²) >= 11 is 0. The third kappa shape index (κ3) is 2.63. The van der Waals surface area contributed by atoms with Crippen molar-refractivity contribution in [2.24, 2.45) is 11.3 Å². The van der Waals surface area contributed by atoms with E-state index in [9.17, 15) is 4.79 Å². The Bertz CT molecular complexity index is 200. The van der Waals surface area contributed by atoms with E-state index in [-0.39, 0.29) is 6.09 Å². The van der Waals surface area contributed by atoms with Crippen LogP contribution in [0.3, 0.4) is 0 Å². The zero-order valence-electron chi connectivity index (χ0n) is 9.67. The van der Waals surface area contributed by atoms with E-state index in [0.29, 0.717) is 5.41 Å². The molecule has 0 aromatic rings. The summed E-state index contributed by atoms with van der Waals surface area (Å²) in [6.07, 6.45) is 2.01. The van der Waals surface area contributed by atoms with Gasteiger partial charge >= 0.3 is 6.09 Å². The number of ether oxygens (including phenoxy) is 1. The van der Waals surface area contributed by atoms with Crippen LogP contribution in [0.2, 0.25) is 0 Å². The van der Waals surface area contributed by atoms with Gasteiger partial charge in [0, 0.05) is 13.1 Å². The van der Waals surface area contributed by atoms with Gasteiger partial charge in [0.05, 0.1) is 7.11 Å². The monoisotopic (exact) mass is 199 g/mol. The minimum atomic E-state index is -0.183. The molecule has 0 aromatic heterocycles. The van der Waals surface area contributed by atoms with Crippen molar-refractivity contribution in [3.63, 3.8) is 0 Å². The van der Waals surface area contributed by atoms with Crippen molar-refractivity contribution >= 4 is 6.09 Å². The Morgan fingerprint density at radius 1 is 1.29 bits per heavy atom. The SMILES string of the molecule is COC(=O)N1CCC(C(C)(C)C)CC1. The molecule has 0 unspecified atom stereocenters. The maximum Gasteiger partial charge on any atom is 0.409 e. The van der Waals surface area contributed by atoms with Crippen molar-refractivity contribution in [1.29, 1.82) is 0 Å². The first-order valence-electron chi connectivity index (χ1n) is 5.28. The van der Waals surface area contributed by atoms with Gasteiger partial charge in [-0.2, -0.15) is 0 Å². The second-order valence-electron chi connectivity index (χ2n) is 5.10. The molecule has 0 N–H and O–H groups in total. The summed E-state index contributed by atoms with van der Waals surface area (Å²) in [5.74, 6) is 0.725. The molecular weight excluding hydrogens is 178 g/mol. The molecule has 1 heterocycles. The van der Waals surface area contributed by atoms with Crippen molar-refractivity contribution in [3.05, 3.63) is 0 Å². The number of likely N-dealkylation sites (tertiary alicyclic amines) is 1. The molecule has 1 aliphatic heterocycles. The minimum Gasteiger partial charge on any atom is -0.453 e. The fraction of sp³-hybridized carbons (Fsp3) is 0.909. The molecule has 0 aromatic carbocycles. The van der Waals surface area contributed by atoms with Crippen LogP contribution in [0.25, 0.3) is 0 Å². The summed E-state index contributed by atoms with van der Waals surface area (Å²) in [6.45, 7) is 8.49. The maximum atomic E-state index is 11.2. The van der Waals surface area contributed by atoms with Crippen LogP contribution in [-0.2, 0) is 4.74 Å². The maximum absolute atomic E-state index is 11.2. The lowest BCUT2D eigenvalue weighted by molar-refractivity contribution is 0.0835. The Morgan fingerprint density at radius 3 is 2.14 bits per heavy atom. The van der Waals surface area contributed by atoms with Crippen LogP contribution in [0.1, 0.15) is 33.6 Å². The van der Waals surface area contributed by atoms with Crippen molar-refractivity contribution in [2.75, 3.05) is 20.2 Å². The average Bonchev–Trinajstić information content (AvgIpc) is 2.15. The van der Waals surface area contributed by atoms with Crippen LogP contribution in [0, 0.1) is 11.3 Å². The van der Waals surface area contributed by atoms with Gasteiger partial charge in [-0.05, 0) is 24.2 Å². The van der Waals surface area contributed by atoms with Gasteiger partial charge in [-0.3, -0.25) is 0 Å². The summed E-state index contributed by atoms with van der Waals surface area (Å²) in [5.41, 5.74) is 0.363. The fourth-order valence-corrected chi connectivity index (χ4v) is 2.06. The number of nitrogens with zero attached hydrogens (tertiary/aromatic N) is 1. The summed E-state index contributed by atoms with van der Waals surface area (Å²) in [7, 11) is 1.44. The predicted octanol–water partition coefficient (Wildman–Crippen LogP) is 2.51. The van der Waals surface area contributed by atoms with E-state index in [2.05, 4.69) is 20.8 Å². The highest BCUT2D eigenvalue weighted by atomic mass is 16.5. The van der Waals surface area contributed by atoms with E-state index in [0.717, 1.165) is 31.8 Å². The normalized spacial score (nSPS) is 19.6. The molecule has 1 amide bonds. The van der Waals surface area contributed by atoms with Crippen LogP contribution < -0.4 is 0 Å². The van der Waals surface area contributed by atoms with Crippen LogP contribution in [-0.4, -0.2) is 31.2 Å². The summed E-state index contributed by atoms with van der Waals surface area (Å²) in [5, 5.41) is 0. The van der Waals surface area contributed by atoms with Gasteiger partial charge < -0.3 is 9.64 Å². The van der Waals surface area contributed by atoms with E-state index >= 15 is 0 Å². The second-order valence-corrected chi connectivity index (χ2v) is 5.10. The molecule has 1 rings (SSSR count). The van der Waals surface area contributed by atoms with Gasteiger partial charge in [0.2, 0.25) is 0 Å². The van der Waals surface area contributed by atoms with Gasteiger partial charge in [0.1, 0.15) is 0 Å². The molecule has 0 bridgehead atoms. The summed E-state index contributed by atoms with van der Waals surface area (Å²) in [4.78, 5) is 13.0. The summed E-state index contributed by atoms with van der Waals surface area (Å²) in [6, 6.07) is 0. The highest BCUT2D eigenvalue weighted by Crippen LogP contribution is 2.34. The van der Waals surface area contributed by atoms with E-state index in [4.69, 9.17) is 4.74 Å². The highest BCUT2D eigenvalue weighted by molar-refractivity contribution is 5.67. The Morgan fingerprint density at radius 2 is 1.79 bits per heavy atom. The molecule has 0 radical (unpaired) electrons. The molecular formula is C11H21NO2. The first kappa shape index (κ1) is 11.3. The van der Waals surface area contributed by atoms with Gasteiger partial charge in [-0.25, -0.2) is 4.79 Å². The lowest BCUT2D eigenvalue weighted by Gasteiger charge is -2.38. The van der Waals surface area contributed by atoms with Crippen molar-refractivity contribution < 1.29 is 9.53 Å². The van der Waals surface area contributed by atoms with Crippen LogP contribution in [0.15, 0.2) is 0 Å². The van der Waals surface area contributed by atoms with E-state index < -0.39 is 0 Å². The Kier molecular flexibility index (Phi) is 3.40. The molecule has 0 aliphatic carbocycles. The van der Waals surface area contributed by atoms with Gasteiger partial charge in [0.15, 0.2) is 0 Å². The topological polar surface area (TPSA) is 29.5 Å². The van der Waals surface area contributed by atoms with E-state index in [1.165, 1.54) is 7.11 Å². The molecule has 0 saturated carbocycles. The Labute approximate surface area is 86.4 Å². The second kappa shape index (κ2) is 4.20. The lowest BCUT2D eigenvalue weighted by Crippen LogP contribution is -2.41. The first-order chi connectivity index (χ1) is 6.45. The largest absolute Gasteiger partial charge is 0.453 e. The number of carbonyl (C=O) groups is 1. The molecule has 3 nitrogen and oxygen atoms in total. The average molecular weight is 199 g/mol.